The third-order valence-electron chi connectivity index (χ3n) is 5.13. The Hall–Kier alpha value is -2.63. The van der Waals surface area contributed by atoms with Crippen molar-refractivity contribution in [3.8, 4) is 5.75 Å². The summed E-state index contributed by atoms with van der Waals surface area (Å²) in [6, 6.07) is 6.39. The van der Waals surface area contributed by atoms with Gasteiger partial charge in [0.15, 0.2) is 0 Å². The molecule has 0 unspecified atom stereocenters. The highest BCUT2D eigenvalue weighted by molar-refractivity contribution is 6.31. The third kappa shape index (κ3) is 5.67. The number of urea groups is 1. The summed E-state index contributed by atoms with van der Waals surface area (Å²) in [6.07, 6.45) is 12.0. The number of benzene rings is 1. The van der Waals surface area contributed by atoms with Gasteiger partial charge in [0.2, 0.25) is 0 Å². The topological polar surface area (TPSA) is 84.5 Å². The average molecular weight is 370 g/mol. The van der Waals surface area contributed by atoms with Crippen LogP contribution in [0, 0.1) is 5.92 Å². The molecule has 1 aromatic rings. The molecule has 1 aromatic carbocycles. The number of hydrogen-bond acceptors (Lipinski definition) is 4. The SMILES string of the molecule is O=C1NC(=O)C(=Cc2ccc(OCCCCC3CCCCC3)cc2)C(=O)N1. The van der Waals surface area contributed by atoms with E-state index in [0.717, 1.165) is 18.1 Å². The van der Waals surface area contributed by atoms with Gasteiger partial charge in [-0.1, -0.05) is 50.7 Å². The van der Waals surface area contributed by atoms with Gasteiger partial charge in [0.1, 0.15) is 11.3 Å². The molecule has 0 bridgehead atoms. The summed E-state index contributed by atoms with van der Waals surface area (Å²) in [5.74, 6) is 0.294. The molecule has 4 amide bonds. The van der Waals surface area contributed by atoms with Crippen LogP contribution in [-0.4, -0.2) is 24.5 Å². The van der Waals surface area contributed by atoms with E-state index in [9.17, 15) is 14.4 Å². The molecule has 6 heteroatoms. The molecule has 1 aliphatic carbocycles. The first-order valence-electron chi connectivity index (χ1n) is 9.73. The molecule has 2 fully saturated rings. The van der Waals surface area contributed by atoms with Crippen LogP contribution in [0.4, 0.5) is 4.79 Å². The molecule has 0 aromatic heterocycles. The van der Waals surface area contributed by atoms with Crippen LogP contribution < -0.4 is 15.4 Å². The van der Waals surface area contributed by atoms with Gasteiger partial charge in [-0.2, -0.15) is 0 Å². The Morgan fingerprint density at radius 1 is 0.926 bits per heavy atom. The zero-order valence-electron chi connectivity index (χ0n) is 15.5. The van der Waals surface area contributed by atoms with Crippen LogP contribution in [0.3, 0.4) is 0 Å². The molecule has 0 radical (unpaired) electrons. The van der Waals surface area contributed by atoms with Crippen molar-refractivity contribution >= 4 is 23.9 Å². The van der Waals surface area contributed by atoms with Crippen molar-refractivity contribution in [1.82, 2.24) is 10.6 Å². The van der Waals surface area contributed by atoms with Gasteiger partial charge in [-0.3, -0.25) is 20.2 Å². The van der Waals surface area contributed by atoms with Gasteiger partial charge in [0.05, 0.1) is 6.61 Å². The molecule has 0 atom stereocenters. The van der Waals surface area contributed by atoms with Crippen molar-refractivity contribution in [2.75, 3.05) is 6.61 Å². The highest BCUT2D eigenvalue weighted by Gasteiger charge is 2.27. The first kappa shape index (κ1) is 19.1. The summed E-state index contributed by atoms with van der Waals surface area (Å²) in [4.78, 5) is 34.5. The number of carbonyl (C=O) groups is 3. The Bertz CT molecular complexity index is 696. The Morgan fingerprint density at radius 2 is 1.59 bits per heavy atom. The number of imide groups is 2. The minimum Gasteiger partial charge on any atom is -0.494 e. The first-order chi connectivity index (χ1) is 13.1. The van der Waals surface area contributed by atoms with E-state index in [4.69, 9.17) is 4.74 Å². The highest BCUT2D eigenvalue weighted by atomic mass is 16.5. The third-order valence-corrected chi connectivity index (χ3v) is 5.13. The lowest BCUT2D eigenvalue weighted by molar-refractivity contribution is -0.123. The lowest BCUT2D eigenvalue weighted by Gasteiger charge is -2.21. The van der Waals surface area contributed by atoms with Crippen LogP contribution in [0.2, 0.25) is 0 Å². The maximum atomic E-state index is 11.7. The summed E-state index contributed by atoms with van der Waals surface area (Å²) in [5.41, 5.74) is 0.597. The lowest BCUT2D eigenvalue weighted by atomic mass is 9.86. The summed E-state index contributed by atoms with van der Waals surface area (Å²) in [5, 5.41) is 4.10. The van der Waals surface area contributed by atoms with Crippen LogP contribution in [0.15, 0.2) is 29.8 Å². The molecule has 144 valence electrons. The summed E-state index contributed by atoms with van der Waals surface area (Å²) in [7, 11) is 0. The van der Waals surface area contributed by atoms with Crippen molar-refractivity contribution in [1.29, 1.82) is 0 Å². The number of unbranched alkanes of at least 4 members (excludes halogenated alkanes) is 1. The van der Waals surface area contributed by atoms with E-state index in [1.807, 2.05) is 12.1 Å². The zero-order valence-corrected chi connectivity index (χ0v) is 15.5. The van der Waals surface area contributed by atoms with Crippen LogP contribution in [-0.2, 0) is 9.59 Å². The van der Waals surface area contributed by atoms with Gasteiger partial charge in [-0.15, -0.1) is 0 Å². The highest BCUT2D eigenvalue weighted by Crippen LogP contribution is 2.27. The van der Waals surface area contributed by atoms with Crippen molar-refractivity contribution in [2.24, 2.45) is 5.92 Å². The summed E-state index contributed by atoms with van der Waals surface area (Å²) < 4.78 is 5.77. The van der Waals surface area contributed by atoms with E-state index in [1.165, 1.54) is 51.0 Å². The molecule has 3 rings (SSSR count). The fourth-order valence-electron chi connectivity index (χ4n) is 3.63. The second kappa shape index (κ2) is 9.35. The van der Waals surface area contributed by atoms with E-state index in [1.54, 1.807) is 12.1 Å². The van der Waals surface area contributed by atoms with Crippen molar-refractivity contribution in [2.45, 2.75) is 51.4 Å². The molecule has 6 nitrogen and oxygen atoms in total. The fourth-order valence-corrected chi connectivity index (χ4v) is 3.63. The zero-order chi connectivity index (χ0) is 19.1. The number of nitrogens with one attached hydrogen (secondary N) is 2. The van der Waals surface area contributed by atoms with Gasteiger partial charge >= 0.3 is 6.03 Å². The molecule has 2 aliphatic rings. The molecule has 27 heavy (non-hydrogen) atoms. The number of amides is 4. The van der Waals surface area contributed by atoms with Crippen LogP contribution >= 0.6 is 0 Å². The quantitative estimate of drug-likeness (QED) is 0.437. The number of hydrogen-bond donors (Lipinski definition) is 2. The normalized spacial score (nSPS) is 18.1. The van der Waals surface area contributed by atoms with Gasteiger partial charge in [0, 0.05) is 0 Å². The molecule has 1 saturated heterocycles. The maximum absolute atomic E-state index is 11.7. The summed E-state index contributed by atoms with van der Waals surface area (Å²) in [6.45, 7) is 0.695. The van der Waals surface area contributed by atoms with Gasteiger partial charge in [0.25, 0.3) is 11.8 Å². The van der Waals surface area contributed by atoms with Crippen LogP contribution in [0.5, 0.6) is 5.75 Å². The van der Waals surface area contributed by atoms with E-state index < -0.39 is 17.8 Å². The molecule has 2 N–H and O–H groups in total. The molecule has 1 saturated carbocycles. The fraction of sp³-hybridized carbons (Fsp3) is 0.476. The van der Waals surface area contributed by atoms with E-state index >= 15 is 0 Å². The predicted molar refractivity (Wildman–Crippen MR) is 102 cm³/mol. The predicted octanol–water partition coefficient (Wildman–Crippen LogP) is 3.57. The Balaban J connectivity index is 1.43. The number of carbonyl (C=O) groups excluding carboxylic acids is 3. The second-order valence-electron chi connectivity index (χ2n) is 7.21. The minimum atomic E-state index is -0.797. The van der Waals surface area contributed by atoms with Gasteiger partial charge in [-0.25, -0.2) is 4.79 Å². The largest absolute Gasteiger partial charge is 0.494 e. The molecule has 1 aliphatic heterocycles. The average Bonchev–Trinajstić information content (AvgIpc) is 2.66. The first-order valence-corrected chi connectivity index (χ1v) is 9.73. The van der Waals surface area contributed by atoms with Gasteiger partial charge in [-0.05, 0) is 42.5 Å². The summed E-state index contributed by atoms with van der Waals surface area (Å²) >= 11 is 0. The maximum Gasteiger partial charge on any atom is 0.328 e. The van der Waals surface area contributed by atoms with Crippen molar-refractivity contribution in [3.05, 3.63) is 35.4 Å². The Kier molecular flexibility index (Phi) is 6.63. The van der Waals surface area contributed by atoms with E-state index in [0.29, 0.717) is 12.2 Å². The van der Waals surface area contributed by atoms with E-state index in [-0.39, 0.29) is 5.57 Å². The number of barbiturate groups is 1. The van der Waals surface area contributed by atoms with Crippen molar-refractivity contribution in [3.63, 3.8) is 0 Å². The van der Waals surface area contributed by atoms with Crippen LogP contribution in [0.25, 0.3) is 6.08 Å². The standard InChI is InChI=1S/C21H26N2O4/c24-19-18(20(25)23-21(26)22-19)14-16-9-11-17(12-10-16)27-13-5-4-8-15-6-2-1-3-7-15/h9-12,14-15H,1-8,13H2,(H2,22,23,24,25,26). The number of ether oxygens (including phenoxy) is 1. The second-order valence-corrected chi connectivity index (χ2v) is 7.21. The Morgan fingerprint density at radius 3 is 2.26 bits per heavy atom. The lowest BCUT2D eigenvalue weighted by Crippen LogP contribution is -2.51. The van der Waals surface area contributed by atoms with Gasteiger partial charge < -0.3 is 4.74 Å². The molecular formula is C21H26N2O4. The van der Waals surface area contributed by atoms with Crippen LogP contribution in [0.1, 0.15) is 56.9 Å². The minimum absolute atomic E-state index is 0.0917. The van der Waals surface area contributed by atoms with Crippen molar-refractivity contribution < 1.29 is 19.1 Å². The number of rotatable bonds is 7. The monoisotopic (exact) mass is 370 g/mol. The van der Waals surface area contributed by atoms with E-state index in [2.05, 4.69) is 10.6 Å². The Labute approximate surface area is 159 Å². The molecule has 0 spiro atoms. The smallest absolute Gasteiger partial charge is 0.328 e. The molecule has 1 heterocycles. The molecular weight excluding hydrogens is 344 g/mol.